The molecular formula is C14H19N4NaO8S2. The summed E-state index contributed by atoms with van der Waals surface area (Å²) in [5, 5.41) is 3.04. The van der Waals surface area contributed by atoms with Gasteiger partial charge in [-0.3, -0.25) is 9.36 Å². The Labute approximate surface area is 192 Å². The first-order valence-corrected chi connectivity index (χ1v) is 10.4. The van der Waals surface area contributed by atoms with Crippen LogP contribution in [0.15, 0.2) is 4.79 Å². The molecule has 0 spiro atoms. The van der Waals surface area contributed by atoms with Gasteiger partial charge in [-0.2, -0.15) is 9.35 Å². The average Bonchev–Trinajstić information content (AvgIpc) is 2.96. The topological polar surface area (TPSA) is 150 Å². The number of fused-ring (bicyclic) bond motifs is 4. The minimum atomic E-state index is -5.14. The second-order valence-corrected chi connectivity index (χ2v) is 9.21. The molecule has 1 aromatic rings. The quantitative estimate of drug-likeness (QED) is 0.281. The van der Waals surface area contributed by atoms with Crippen molar-refractivity contribution in [3.05, 3.63) is 20.2 Å². The number of alkyl carbamates (subject to hydrolysis) is 1. The molecule has 156 valence electrons. The smallest absolute Gasteiger partial charge is 0.724 e. The molecule has 2 aliphatic heterocycles. The van der Waals surface area contributed by atoms with Crippen LogP contribution < -0.4 is 39.7 Å². The SMILES string of the molecule is CC(C)(C)OC(=O)NCCn1c2c(sc1=O)C1CN(C2)C(=O)N1OS(=O)(=O)[O-].[Na+]. The van der Waals surface area contributed by atoms with Crippen molar-refractivity contribution in [3.63, 3.8) is 0 Å². The van der Waals surface area contributed by atoms with Crippen LogP contribution in [0.3, 0.4) is 0 Å². The molecule has 1 aromatic heterocycles. The third kappa shape index (κ3) is 5.51. The van der Waals surface area contributed by atoms with Crippen molar-refractivity contribution in [2.45, 2.75) is 45.5 Å². The maximum atomic E-state index is 12.4. The number of rotatable bonds is 5. The number of hydroxylamine groups is 2. The predicted molar refractivity (Wildman–Crippen MR) is 94.0 cm³/mol. The molecule has 1 fully saturated rings. The largest absolute Gasteiger partial charge is 1.00 e. The first-order chi connectivity index (χ1) is 12.9. The summed E-state index contributed by atoms with van der Waals surface area (Å²) in [7, 11) is -5.14. The van der Waals surface area contributed by atoms with Gasteiger partial charge >= 0.3 is 46.6 Å². The van der Waals surface area contributed by atoms with Crippen molar-refractivity contribution in [2.24, 2.45) is 0 Å². The maximum absolute atomic E-state index is 12.4. The Morgan fingerprint density at radius 3 is 2.59 bits per heavy atom. The van der Waals surface area contributed by atoms with Crippen molar-refractivity contribution in [1.82, 2.24) is 19.8 Å². The van der Waals surface area contributed by atoms with Crippen molar-refractivity contribution in [2.75, 3.05) is 13.1 Å². The molecular weight excluding hydrogens is 439 g/mol. The summed E-state index contributed by atoms with van der Waals surface area (Å²) >= 11 is 0.843. The number of hydrogen-bond donors (Lipinski definition) is 1. The second-order valence-electron chi connectivity index (χ2n) is 7.25. The molecule has 3 rings (SSSR count). The van der Waals surface area contributed by atoms with Gasteiger partial charge < -0.3 is 19.5 Å². The van der Waals surface area contributed by atoms with E-state index < -0.39 is 34.2 Å². The fourth-order valence-electron chi connectivity index (χ4n) is 3.00. The number of thiazole rings is 1. The zero-order valence-electron chi connectivity index (χ0n) is 16.3. The van der Waals surface area contributed by atoms with Crippen LogP contribution in [0.1, 0.15) is 37.4 Å². The predicted octanol–water partition coefficient (Wildman–Crippen LogP) is -2.88. The van der Waals surface area contributed by atoms with Gasteiger partial charge in [-0.15, -0.1) is 0 Å². The zero-order chi connectivity index (χ0) is 20.9. The summed E-state index contributed by atoms with van der Waals surface area (Å²) in [6, 6.07) is -1.63. The van der Waals surface area contributed by atoms with Crippen LogP contribution in [0, 0.1) is 0 Å². The first kappa shape index (κ1) is 24.1. The first-order valence-electron chi connectivity index (χ1n) is 8.28. The van der Waals surface area contributed by atoms with Crippen molar-refractivity contribution in [3.8, 4) is 0 Å². The molecule has 2 aliphatic rings. The second kappa shape index (κ2) is 8.53. The van der Waals surface area contributed by atoms with Gasteiger partial charge in [0, 0.05) is 13.1 Å². The van der Waals surface area contributed by atoms with E-state index in [-0.39, 0.29) is 60.6 Å². The molecule has 2 bridgehead atoms. The van der Waals surface area contributed by atoms with Gasteiger partial charge in [0.15, 0.2) is 0 Å². The number of carbonyl (C=O) groups excluding carboxylic acids is 2. The number of amides is 3. The summed E-state index contributed by atoms with van der Waals surface area (Å²) in [6.07, 6.45) is -0.621. The fraction of sp³-hybridized carbons (Fsp3) is 0.643. The Kier molecular flexibility index (Phi) is 7.09. The number of urea groups is 1. The molecule has 0 radical (unpaired) electrons. The van der Waals surface area contributed by atoms with Crippen LogP contribution in [-0.2, 0) is 32.5 Å². The summed E-state index contributed by atoms with van der Waals surface area (Å²) in [6.45, 7) is 5.60. The van der Waals surface area contributed by atoms with Crippen molar-refractivity contribution < 1.29 is 61.1 Å². The molecule has 3 amide bonds. The Hall–Kier alpha value is -1.16. The third-order valence-corrected chi connectivity index (χ3v) is 5.45. The molecule has 0 saturated carbocycles. The number of aromatic nitrogens is 1. The standard InChI is InChI=1S/C14H20N4O8S2.Na/c1-14(2,3)25-11(19)15-4-5-17-8-6-16-7-9(10(8)27-13(17)21)18(12(16)20)26-28(22,23)24;/h9H,4-7H2,1-3H3,(H,15,19)(H,22,23,24);/q;+1/p-1. The van der Waals surface area contributed by atoms with E-state index in [2.05, 4.69) is 9.60 Å². The zero-order valence-corrected chi connectivity index (χ0v) is 20.0. The molecule has 0 aliphatic carbocycles. The Morgan fingerprint density at radius 1 is 1.34 bits per heavy atom. The maximum Gasteiger partial charge on any atom is 1.00 e. The molecule has 0 aromatic carbocycles. The van der Waals surface area contributed by atoms with E-state index >= 15 is 0 Å². The Balaban J connectivity index is 0.00000300. The number of ether oxygens (including phenoxy) is 1. The molecule has 3 heterocycles. The normalized spacial score (nSPS) is 18.3. The van der Waals surface area contributed by atoms with Crippen LogP contribution in [-0.4, -0.2) is 58.3 Å². The van der Waals surface area contributed by atoms with Gasteiger partial charge in [0.2, 0.25) is 10.4 Å². The van der Waals surface area contributed by atoms with E-state index in [0.29, 0.717) is 15.6 Å². The molecule has 1 unspecified atom stereocenters. The fourth-order valence-corrected chi connectivity index (χ4v) is 4.47. The third-order valence-electron chi connectivity index (χ3n) is 3.98. The number of nitrogens with zero attached hydrogens (tertiary/aromatic N) is 3. The summed E-state index contributed by atoms with van der Waals surface area (Å²) < 4.78 is 43.5. The van der Waals surface area contributed by atoms with Crippen molar-refractivity contribution >= 4 is 33.9 Å². The van der Waals surface area contributed by atoms with Gasteiger partial charge in [0.05, 0.1) is 23.7 Å². The van der Waals surface area contributed by atoms with Crippen molar-refractivity contribution in [1.29, 1.82) is 0 Å². The van der Waals surface area contributed by atoms with Gasteiger partial charge in [-0.25, -0.2) is 18.0 Å². The minimum Gasteiger partial charge on any atom is -0.724 e. The van der Waals surface area contributed by atoms with Gasteiger partial charge in [0.25, 0.3) is 0 Å². The van der Waals surface area contributed by atoms with E-state index in [1.165, 1.54) is 9.47 Å². The monoisotopic (exact) mass is 458 g/mol. The van der Waals surface area contributed by atoms with E-state index in [0.717, 1.165) is 11.3 Å². The Morgan fingerprint density at radius 2 is 2.00 bits per heavy atom. The molecule has 1 saturated heterocycles. The summed E-state index contributed by atoms with van der Waals surface area (Å²) in [5.74, 6) is 0. The van der Waals surface area contributed by atoms with Gasteiger partial charge in [-0.1, -0.05) is 11.3 Å². The van der Waals surface area contributed by atoms with E-state index in [4.69, 9.17) is 4.74 Å². The molecule has 1 atom stereocenters. The Bertz CT molecular complexity index is 967. The van der Waals surface area contributed by atoms with Crippen LogP contribution in [0.5, 0.6) is 0 Å². The molecule has 12 nitrogen and oxygen atoms in total. The molecule has 15 heteroatoms. The van der Waals surface area contributed by atoms with Gasteiger partial charge in [-0.05, 0) is 20.8 Å². The number of carbonyl (C=O) groups is 2. The summed E-state index contributed by atoms with van der Waals surface area (Å²) in [5.41, 5.74) is -0.138. The van der Waals surface area contributed by atoms with Crippen LogP contribution in [0.25, 0.3) is 0 Å². The minimum absolute atomic E-state index is 0. The molecule has 29 heavy (non-hydrogen) atoms. The van der Waals surface area contributed by atoms with Crippen LogP contribution in [0.4, 0.5) is 9.59 Å². The van der Waals surface area contributed by atoms with E-state index in [9.17, 15) is 27.4 Å². The van der Waals surface area contributed by atoms with Crippen LogP contribution >= 0.6 is 11.3 Å². The van der Waals surface area contributed by atoms with Crippen LogP contribution in [0.2, 0.25) is 0 Å². The average molecular weight is 458 g/mol. The van der Waals surface area contributed by atoms with E-state index in [1.807, 2.05) is 0 Å². The van der Waals surface area contributed by atoms with Gasteiger partial charge in [0.1, 0.15) is 11.6 Å². The van der Waals surface area contributed by atoms with E-state index in [1.54, 1.807) is 20.8 Å². The molecule has 1 N–H and O–H groups in total. The summed E-state index contributed by atoms with van der Waals surface area (Å²) in [4.78, 5) is 37.7. The number of nitrogens with one attached hydrogen (secondary N) is 1. The number of hydrogen-bond acceptors (Lipinski definition) is 9.